The lowest BCUT2D eigenvalue weighted by molar-refractivity contribution is -0.141. The van der Waals surface area contributed by atoms with Gasteiger partial charge in [-0.15, -0.1) is 0 Å². The molecule has 1 aromatic heterocycles. The van der Waals surface area contributed by atoms with Gasteiger partial charge in [-0.1, -0.05) is 12.1 Å². The number of benzene rings is 1. The molecule has 5 nitrogen and oxygen atoms in total. The van der Waals surface area contributed by atoms with Crippen molar-refractivity contribution in [1.29, 1.82) is 0 Å². The van der Waals surface area contributed by atoms with Crippen LogP contribution in [0.5, 0.6) is 0 Å². The van der Waals surface area contributed by atoms with Crippen LogP contribution in [0.3, 0.4) is 0 Å². The molecule has 0 radical (unpaired) electrons. The quantitative estimate of drug-likeness (QED) is 0.909. The van der Waals surface area contributed by atoms with Gasteiger partial charge in [0.05, 0.1) is 0 Å². The molecule has 24 heavy (non-hydrogen) atoms. The summed E-state index contributed by atoms with van der Waals surface area (Å²) in [6.07, 6.45) is 5.76. The van der Waals surface area contributed by atoms with Crippen LogP contribution in [0.1, 0.15) is 18.4 Å². The predicted octanol–water partition coefficient (Wildman–Crippen LogP) is 1.80. The van der Waals surface area contributed by atoms with Gasteiger partial charge in [0.25, 0.3) is 0 Å². The molecule has 0 bridgehead atoms. The molecule has 0 spiro atoms. The fourth-order valence-corrected chi connectivity index (χ4v) is 3.31. The highest BCUT2D eigenvalue weighted by Crippen LogP contribution is 2.29. The summed E-state index contributed by atoms with van der Waals surface area (Å²) in [5, 5.41) is 7.65. The predicted molar refractivity (Wildman–Crippen MR) is 90.0 cm³/mol. The van der Waals surface area contributed by atoms with Crippen LogP contribution in [0.15, 0.2) is 42.7 Å². The van der Waals surface area contributed by atoms with Crippen molar-refractivity contribution in [3.05, 3.63) is 54.1 Å². The van der Waals surface area contributed by atoms with Gasteiger partial charge in [0.2, 0.25) is 5.91 Å². The summed E-state index contributed by atoms with van der Waals surface area (Å²) in [5.41, 5.74) is 0.418. The summed E-state index contributed by atoms with van der Waals surface area (Å²) in [6, 6.07) is 8.29. The van der Waals surface area contributed by atoms with Gasteiger partial charge in [-0.25, -0.2) is 4.39 Å². The number of nitrogens with one attached hydrogen (secondary N) is 1. The second kappa shape index (κ2) is 7.13. The lowest BCUT2D eigenvalue weighted by atomic mass is 9.87. The maximum absolute atomic E-state index is 13.2. The molecule has 2 aromatic rings. The molecular formula is C18H23FN4O. The van der Waals surface area contributed by atoms with Crippen molar-refractivity contribution in [2.24, 2.45) is 0 Å². The van der Waals surface area contributed by atoms with Crippen LogP contribution in [-0.4, -0.2) is 47.3 Å². The zero-order valence-electron chi connectivity index (χ0n) is 13.9. The number of amides is 1. The van der Waals surface area contributed by atoms with E-state index in [9.17, 15) is 9.18 Å². The summed E-state index contributed by atoms with van der Waals surface area (Å²) in [5.74, 6) is -0.148. The molecule has 1 amide bonds. The molecular weight excluding hydrogens is 307 g/mol. The van der Waals surface area contributed by atoms with Crippen molar-refractivity contribution in [1.82, 2.24) is 20.0 Å². The third kappa shape index (κ3) is 3.33. The summed E-state index contributed by atoms with van der Waals surface area (Å²) < 4.78 is 14.8. The number of aromatic nitrogens is 2. The Kier molecular flexibility index (Phi) is 4.94. The van der Waals surface area contributed by atoms with Gasteiger partial charge in [0.1, 0.15) is 11.4 Å². The fourth-order valence-electron chi connectivity index (χ4n) is 3.31. The van der Waals surface area contributed by atoms with Crippen molar-refractivity contribution < 1.29 is 9.18 Å². The number of carbonyl (C=O) groups excluding carboxylic acids is 1. The second-order valence-corrected chi connectivity index (χ2v) is 6.34. The Morgan fingerprint density at radius 2 is 2.04 bits per heavy atom. The highest BCUT2D eigenvalue weighted by atomic mass is 19.1. The number of rotatable bonds is 5. The van der Waals surface area contributed by atoms with E-state index < -0.39 is 5.54 Å². The van der Waals surface area contributed by atoms with E-state index in [1.807, 2.05) is 24.0 Å². The topological polar surface area (TPSA) is 50.2 Å². The molecule has 2 heterocycles. The molecule has 1 aliphatic heterocycles. The molecule has 128 valence electrons. The first-order chi connectivity index (χ1) is 11.6. The van der Waals surface area contributed by atoms with E-state index in [0.29, 0.717) is 13.0 Å². The molecule has 1 aliphatic rings. The number of halogens is 1. The minimum absolute atomic E-state index is 0.0924. The van der Waals surface area contributed by atoms with Crippen molar-refractivity contribution in [2.75, 3.05) is 26.7 Å². The molecule has 0 saturated carbocycles. The summed E-state index contributed by atoms with van der Waals surface area (Å²) in [7, 11) is 1.83. The fraction of sp³-hybridized carbons (Fsp3) is 0.444. The Balaban J connectivity index is 1.71. The Hall–Kier alpha value is -2.21. The Morgan fingerprint density at radius 1 is 1.33 bits per heavy atom. The van der Waals surface area contributed by atoms with E-state index in [1.54, 1.807) is 23.2 Å². The lowest BCUT2D eigenvalue weighted by Gasteiger charge is -2.39. The van der Waals surface area contributed by atoms with Crippen LogP contribution in [-0.2, 0) is 16.8 Å². The molecule has 1 N–H and O–H groups in total. The number of carbonyl (C=O) groups is 1. The Morgan fingerprint density at radius 3 is 2.67 bits per heavy atom. The van der Waals surface area contributed by atoms with E-state index >= 15 is 0 Å². The van der Waals surface area contributed by atoms with Gasteiger partial charge in [-0.3, -0.25) is 9.48 Å². The minimum atomic E-state index is -0.605. The average Bonchev–Trinajstić information content (AvgIpc) is 3.16. The van der Waals surface area contributed by atoms with Crippen LogP contribution >= 0.6 is 0 Å². The maximum atomic E-state index is 13.2. The third-order valence-electron chi connectivity index (χ3n) is 4.77. The summed E-state index contributed by atoms with van der Waals surface area (Å²) >= 11 is 0. The summed E-state index contributed by atoms with van der Waals surface area (Å²) in [4.78, 5) is 14.9. The molecule has 1 saturated heterocycles. The standard InChI is InChI=1S/C18H23FN4O/c1-22(14-7-15-3-5-16(19)6-4-15)17(24)18(8-11-20-12-9-18)23-13-2-10-21-23/h2-6,10,13,20H,7-9,11-12,14H2,1H3. The number of likely N-dealkylation sites (N-methyl/N-ethyl adjacent to an activating group) is 1. The molecule has 6 heteroatoms. The van der Waals surface area contributed by atoms with Gasteiger partial charge >= 0.3 is 0 Å². The minimum Gasteiger partial charge on any atom is -0.343 e. The van der Waals surface area contributed by atoms with Gasteiger partial charge in [-0.05, 0) is 56.1 Å². The maximum Gasteiger partial charge on any atom is 0.250 e. The number of hydrogen-bond donors (Lipinski definition) is 1. The van der Waals surface area contributed by atoms with E-state index in [4.69, 9.17) is 0 Å². The van der Waals surface area contributed by atoms with Crippen LogP contribution < -0.4 is 5.32 Å². The third-order valence-corrected chi connectivity index (χ3v) is 4.77. The first kappa shape index (κ1) is 16.6. The average molecular weight is 330 g/mol. The first-order valence-electron chi connectivity index (χ1n) is 8.33. The molecule has 0 unspecified atom stereocenters. The van der Waals surface area contributed by atoms with E-state index in [2.05, 4.69) is 10.4 Å². The molecule has 1 aromatic carbocycles. The molecule has 3 rings (SSSR count). The van der Waals surface area contributed by atoms with Gasteiger partial charge in [-0.2, -0.15) is 5.10 Å². The zero-order chi connectivity index (χ0) is 17.0. The Bertz CT molecular complexity index is 663. The highest BCUT2D eigenvalue weighted by Gasteiger charge is 2.43. The van der Waals surface area contributed by atoms with Crippen molar-refractivity contribution in [3.8, 4) is 0 Å². The van der Waals surface area contributed by atoms with Gasteiger partial charge in [0, 0.05) is 26.0 Å². The zero-order valence-corrected chi connectivity index (χ0v) is 13.9. The SMILES string of the molecule is CN(CCc1ccc(F)cc1)C(=O)C1(n2cccn2)CCNCC1. The summed E-state index contributed by atoms with van der Waals surface area (Å²) in [6.45, 7) is 2.20. The van der Waals surface area contributed by atoms with Crippen LogP contribution in [0.25, 0.3) is 0 Å². The lowest BCUT2D eigenvalue weighted by Crippen LogP contribution is -2.55. The van der Waals surface area contributed by atoms with E-state index in [0.717, 1.165) is 31.5 Å². The van der Waals surface area contributed by atoms with Crippen molar-refractivity contribution in [2.45, 2.75) is 24.8 Å². The molecule has 1 fully saturated rings. The van der Waals surface area contributed by atoms with Gasteiger partial charge in [0.15, 0.2) is 0 Å². The highest BCUT2D eigenvalue weighted by molar-refractivity contribution is 5.84. The van der Waals surface area contributed by atoms with Crippen LogP contribution in [0.2, 0.25) is 0 Å². The normalized spacial score (nSPS) is 16.8. The van der Waals surface area contributed by atoms with Crippen LogP contribution in [0.4, 0.5) is 4.39 Å². The smallest absolute Gasteiger partial charge is 0.250 e. The number of nitrogens with zero attached hydrogens (tertiary/aromatic N) is 3. The number of hydrogen-bond acceptors (Lipinski definition) is 3. The van der Waals surface area contributed by atoms with Gasteiger partial charge < -0.3 is 10.2 Å². The second-order valence-electron chi connectivity index (χ2n) is 6.34. The van der Waals surface area contributed by atoms with Crippen molar-refractivity contribution >= 4 is 5.91 Å². The Labute approximate surface area is 141 Å². The van der Waals surface area contributed by atoms with E-state index in [-0.39, 0.29) is 11.7 Å². The molecule has 0 atom stereocenters. The molecule has 0 aliphatic carbocycles. The van der Waals surface area contributed by atoms with Crippen LogP contribution in [0, 0.1) is 5.82 Å². The monoisotopic (exact) mass is 330 g/mol. The number of piperidine rings is 1. The van der Waals surface area contributed by atoms with E-state index in [1.165, 1.54) is 12.1 Å². The van der Waals surface area contributed by atoms with Crippen molar-refractivity contribution in [3.63, 3.8) is 0 Å². The largest absolute Gasteiger partial charge is 0.343 e. The first-order valence-corrected chi connectivity index (χ1v) is 8.33.